The van der Waals surface area contributed by atoms with E-state index >= 15 is 0 Å². The SMILES string of the molecule is Cc1noc(C)c1COc1cccc(C(=O)N2CCN(Cc3ccc(Cl)cc3Cl)CC2)c1. The Bertz CT molecular complexity index is 1090. The number of piperazine rings is 1. The summed E-state index contributed by atoms with van der Waals surface area (Å²) in [5, 5.41) is 5.25. The molecule has 0 aliphatic carbocycles. The maximum atomic E-state index is 13.0. The molecule has 1 aliphatic rings. The van der Waals surface area contributed by atoms with Gasteiger partial charge in [-0.05, 0) is 49.7 Å². The summed E-state index contributed by atoms with van der Waals surface area (Å²) in [5.41, 5.74) is 3.40. The summed E-state index contributed by atoms with van der Waals surface area (Å²) in [7, 11) is 0. The first-order valence-corrected chi connectivity index (χ1v) is 11.3. The van der Waals surface area contributed by atoms with Crippen LogP contribution < -0.4 is 4.74 Å². The van der Waals surface area contributed by atoms with Gasteiger partial charge in [0, 0.05) is 48.3 Å². The van der Waals surface area contributed by atoms with Gasteiger partial charge < -0.3 is 14.2 Å². The predicted octanol–water partition coefficient (Wildman–Crippen LogP) is 5.14. The maximum Gasteiger partial charge on any atom is 0.254 e. The molecule has 4 rings (SSSR count). The minimum atomic E-state index is 0.0111. The van der Waals surface area contributed by atoms with Gasteiger partial charge in [-0.25, -0.2) is 0 Å². The van der Waals surface area contributed by atoms with E-state index in [2.05, 4.69) is 10.1 Å². The third kappa shape index (κ3) is 5.26. The normalized spacial score (nSPS) is 14.6. The van der Waals surface area contributed by atoms with Crippen molar-refractivity contribution in [2.75, 3.05) is 26.2 Å². The number of carbonyl (C=O) groups excluding carboxylic acids is 1. The van der Waals surface area contributed by atoms with Crippen LogP contribution in [0.4, 0.5) is 0 Å². The highest BCUT2D eigenvalue weighted by Crippen LogP contribution is 2.23. The van der Waals surface area contributed by atoms with Crippen LogP contribution >= 0.6 is 23.2 Å². The molecule has 1 fully saturated rings. The molecule has 0 radical (unpaired) electrons. The molecule has 0 spiro atoms. The minimum Gasteiger partial charge on any atom is -0.489 e. The third-order valence-electron chi connectivity index (χ3n) is 5.71. The molecule has 1 saturated heterocycles. The van der Waals surface area contributed by atoms with Crippen molar-refractivity contribution in [2.24, 2.45) is 0 Å². The Balaban J connectivity index is 1.33. The average Bonchev–Trinajstić information content (AvgIpc) is 3.11. The topological polar surface area (TPSA) is 58.8 Å². The van der Waals surface area contributed by atoms with E-state index in [4.69, 9.17) is 32.5 Å². The number of benzene rings is 2. The molecule has 3 aromatic rings. The zero-order valence-corrected chi connectivity index (χ0v) is 19.6. The number of nitrogens with zero attached hydrogens (tertiary/aromatic N) is 3. The molecule has 6 nitrogen and oxygen atoms in total. The number of amides is 1. The summed E-state index contributed by atoms with van der Waals surface area (Å²) in [6.45, 7) is 7.73. The van der Waals surface area contributed by atoms with Gasteiger partial charge in [-0.1, -0.05) is 40.5 Å². The van der Waals surface area contributed by atoms with Crippen molar-refractivity contribution in [3.63, 3.8) is 0 Å². The summed E-state index contributed by atoms with van der Waals surface area (Å²) in [6, 6.07) is 12.9. The van der Waals surface area contributed by atoms with E-state index in [0.717, 1.165) is 42.2 Å². The molecule has 1 amide bonds. The van der Waals surface area contributed by atoms with Crippen LogP contribution in [0.25, 0.3) is 0 Å². The number of aryl methyl sites for hydroxylation is 2. The fourth-order valence-electron chi connectivity index (χ4n) is 3.76. The lowest BCUT2D eigenvalue weighted by Crippen LogP contribution is -2.48. The molecule has 0 bridgehead atoms. The monoisotopic (exact) mass is 473 g/mol. The Labute approximate surface area is 197 Å². The van der Waals surface area contributed by atoms with E-state index in [1.54, 1.807) is 12.1 Å². The van der Waals surface area contributed by atoms with Crippen molar-refractivity contribution in [3.8, 4) is 5.75 Å². The van der Waals surface area contributed by atoms with Crippen molar-refractivity contribution >= 4 is 29.1 Å². The van der Waals surface area contributed by atoms with Crippen LogP contribution in [0.5, 0.6) is 5.75 Å². The number of ether oxygens (including phenoxy) is 1. The van der Waals surface area contributed by atoms with Gasteiger partial charge >= 0.3 is 0 Å². The van der Waals surface area contributed by atoms with Crippen molar-refractivity contribution in [1.29, 1.82) is 0 Å². The number of aromatic nitrogens is 1. The van der Waals surface area contributed by atoms with Crippen LogP contribution in [-0.4, -0.2) is 47.0 Å². The summed E-state index contributed by atoms with van der Waals surface area (Å²) >= 11 is 12.3. The molecule has 168 valence electrons. The molecule has 0 N–H and O–H groups in total. The molecular weight excluding hydrogens is 449 g/mol. The van der Waals surface area contributed by atoms with Crippen LogP contribution in [0.2, 0.25) is 10.0 Å². The molecule has 0 saturated carbocycles. The van der Waals surface area contributed by atoms with Crippen molar-refractivity contribution in [2.45, 2.75) is 27.0 Å². The van der Waals surface area contributed by atoms with Crippen LogP contribution in [0.1, 0.15) is 32.9 Å². The highest BCUT2D eigenvalue weighted by molar-refractivity contribution is 6.35. The summed E-state index contributed by atoms with van der Waals surface area (Å²) < 4.78 is 11.1. The molecule has 0 unspecified atom stereocenters. The van der Waals surface area contributed by atoms with E-state index in [1.807, 2.05) is 49.1 Å². The molecule has 0 atom stereocenters. The predicted molar refractivity (Wildman–Crippen MR) is 124 cm³/mol. The molecular formula is C24H25Cl2N3O3. The van der Waals surface area contributed by atoms with Gasteiger partial charge in [-0.3, -0.25) is 9.69 Å². The quantitative estimate of drug-likeness (QED) is 0.496. The number of hydrogen-bond donors (Lipinski definition) is 0. The van der Waals surface area contributed by atoms with Gasteiger partial charge in [0.1, 0.15) is 18.1 Å². The number of carbonyl (C=O) groups is 1. The zero-order valence-electron chi connectivity index (χ0n) is 18.1. The summed E-state index contributed by atoms with van der Waals surface area (Å²) in [6.07, 6.45) is 0. The van der Waals surface area contributed by atoms with Crippen LogP contribution in [-0.2, 0) is 13.2 Å². The van der Waals surface area contributed by atoms with Gasteiger partial charge in [0.05, 0.1) is 11.3 Å². The molecule has 2 heterocycles. The second-order valence-electron chi connectivity index (χ2n) is 7.92. The number of hydrogen-bond acceptors (Lipinski definition) is 5. The van der Waals surface area contributed by atoms with Crippen LogP contribution in [0.3, 0.4) is 0 Å². The van der Waals surface area contributed by atoms with Crippen LogP contribution in [0.15, 0.2) is 47.0 Å². The number of halogens is 2. The lowest BCUT2D eigenvalue weighted by Gasteiger charge is -2.35. The Kier molecular flexibility index (Phi) is 7.04. The minimum absolute atomic E-state index is 0.0111. The van der Waals surface area contributed by atoms with Crippen LogP contribution in [0, 0.1) is 13.8 Å². The van der Waals surface area contributed by atoms with Gasteiger partial charge in [-0.2, -0.15) is 0 Å². The Morgan fingerprint density at radius 2 is 1.88 bits per heavy atom. The van der Waals surface area contributed by atoms with Gasteiger partial charge in [0.2, 0.25) is 0 Å². The fraction of sp³-hybridized carbons (Fsp3) is 0.333. The van der Waals surface area contributed by atoms with Gasteiger partial charge in [0.15, 0.2) is 0 Å². The van der Waals surface area contributed by atoms with E-state index in [1.165, 1.54) is 0 Å². The molecule has 1 aromatic heterocycles. The van der Waals surface area contributed by atoms with E-state index in [0.29, 0.717) is 41.1 Å². The second kappa shape index (κ2) is 9.94. The highest BCUT2D eigenvalue weighted by atomic mass is 35.5. The Hall–Kier alpha value is -2.54. The maximum absolute atomic E-state index is 13.0. The van der Waals surface area contributed by atoms with Crippen molar-refractivity contribution in [1.82, 2.24) is 15.0 Å². The van der Waals surface area contributed by atoms with E-state index in [-0.39, 0.29) is 5.91 Å². The van der Waals surface area contributed by atoms with Gasteiger partial charge in [-0.15, -0.1) is 0 Å². The summed E-state index contributed by atoms with van der Waals surface area (Å²) in [5.74, 6) is 1.40. The van der Waals surface area contributed by atoms with Crippen molar-refractivity contribution in [3.05, 3.63) is 80.7 Å². The lowest BCUT2D eigenvalue weighted by molar-refractivity contribution is 0.0628. The zero-order chi connectivity index (χ0) is 22.7. The summed E-state index contributed by atoms with van der Waals surface area (Å²) in [4.78, 5) is 17.2. The van der Waals surface area contributed by atoms with Gasteiger partial charge in [0.25, 0.3) is 5.91 Å². The first-order valence-electron chi connectivity index (χ1n) is 10.5. The van der Waals surface area contributed by atoms with Crippen molar-refractivity contribution < 1.29 is 14.1 Å². The standard InChI is InChI=1S/C24H25Cl2N3O3/c1-16-22(17(2)32-27-16)15-31-21-5-3-4-18(12-21)24(30)29-10-8-28(9-11-29)14-19-6-7-20(25)13-23(19)26/h3-7,12-13H,8-11,14-15H2,1-2H3. The Morgan fingerprint density at radius 1 is 1.09 bits per heavy atom. The highest BCUT2D eigenvalue weighted by Gasteiger charge is 2.23. The lowest BCUT2D eigenvalue weighted by atomic mass is 10.1. The van der Waals surface area contributed by atoms with E-state index < -0.39 is 0 Å². The first kappa shape index (κ1) is 22.6. The van der Waals surface area contributed by atoms with E-state index in [9.17, 15) is 4.79 Å². The third-order valence-corrected chi connectivity index (χ3v) is 6.30. The molecule has 1 aliphatic heterocycles. The Morgan fingerprint density at radius 3 is 2.56 bits per heavy atom. The molecule has 8 heteroatoms. The molecule has 2 aromatic carbocycles. The average molecular weight is 474 g/mol. The second-order valence-corrected chi connectivity index (χ2v) is 8.77. The largest absolute Gasteiger partial charge is 0.489 e. The smallest absolute Gasteiger partial charge is 0.254 e. The molecule has 32 heavy (non-hydrogen) atoms. The fourth-order valence-corrected chi connectivity index (χ4v) is 4.23. The first-order chi connectivity index (χ1) is 15.4. The number of rotatable bonds is 6.